The zero-order chi connectivity index (χ0) is 25.4. The van der Waals surface area contributed by atoms with Crippen LogP contribution in [0.4, 0.5) is 33.7 Å². The third kappa shape index (κ3) is 4.90. The standard InChI is InChI=1S/C24H29FN10O2/c1-24(20(36)27-16-5-6-18(25)26-14-16)7-2-8-35(24)23-30-21(28-19-13-17(32-33-19)15-3-4-15)29-22(31-23)34-9-11-37-12-10-34/h5-6,13-15H,2-4,7-12H2,1H3,(H,27,36)(H2,28,29,30,31,32,33)/t24-/m0/s1. The van der Waals surface area contributed by atoms with E-state index in [1.165, 1.54) is 31.2 Å². The average molecular weight is 509 g/mol. The first kappa shape index (κ1) is 23.5. The first-order valence-corrected chi connectivity index (χ1v) is 12.6. The molecule has 0 aromatic carbocycles. The van der Waals surface area contributed by atoms with Gasteiger partial charge in [-0.15, -0.1) is 0 Å². The maximum atomic E-state index is 13.4. The van der Waals surface area contributed by atoms with E-state index in [4.69, 9.17) is 14.7 Å². The Morgan fingerprint density at radius 1 is 1.16 bits per heavy atom. The van der Waals surface area contributed by atoms with E-state index in [9.17, 15) is 9.18 Å². The number of amides is 1. The summed E-state index contributed by atoms with van der Waals surface area (Å²) in [5, 5.41) is 13.5. The first-order chi connectivity index (χ1) is 18.0. The molecule has 3 fully saturated rings. The quantitative estimate of drug-likeness (QED) is 0.408. The van der Waals surface area contributed by atoms with Crippen LogP contribution in [-0.4, -0.2) is 74.4 Å². The van der Waals surface area contributed by atoms with E-state index >= 15 is 0 Å². The number of aromatic nitrogens is 6. The molecule has 13 heteroatoms. The fourth-order valence-corrected chi connectivity index (χ4v) is 4.79. The predicted molar refractivity (Wildman–Crippen MR) is 135 cm³/mol. The monoisotopic (exact) mass is 508 g/mol. The Hall–Kier alpha value is -3.87. The number of nitrogens with zero attached hydrogens (tertiary/aromatic N) is 7. The second-order valence-corrected chi connectivity index (χ2v) is 9.82. The summed E-state index contributed by atoms with van der Waals surface area (Å²) in [6.45, 7) is 4.96. The third-order valence-electron chi connectivity index (χ3n) is 7.12. The average Bonchev–Trinajstić information content (AvgIpc) is 3.53. The topological polar surface area (TPSA) is 137 Å². The van der Waals surface area contributed by atoms with Crippen LogP contribution in [0.1, 0.15) is 44.2 Å². The third-order valence-corrected chi connectivity index (χ3v) is 7.12. The molecular weight excluding hydrogens is 479 g/mol. The molecule has 6 rings (SSSR count). The van der Waals surface area contributed by atoms with Gasteiger partial charge >= 0.3 is 0 Å². The number of carbonyl (C=O) groups is 1. The summed E-state index contributed by atoms with van der Waals surface area (Å²) in [6, 6.07) is 4.69. The highest BCUT2D eigenvalue weighted by Crippen LogP contribution is 2.40. The summed E-state index contributed by atoms with van der Waals surface area (Å²) < 4.78 is 18.7. The molecule has 3 aromatic rings. The molecule has 37 heavy (non-hydrogen) atoms. The molecule has 3 aromatic heterocycles. The van der Waals surface area contributed by atoms with Gasteiger partial charge in [-0.3, -0.25) is 9.89 Å². The highest BCUT2D eigenvalue weighted by atomic mass is 19.1. The molecule has 0 spiro atoms. The van der Waals surface area contributed by atoms with Gasteiger partial charge in [-0.2, -0.15) is 24.4 Å². The van der Waals surface area contributed by atoms with Crippen LogP contribution in [0.25, 0.3) is 0 Å². The lowest BCUT2D eigenvalue weighted by molar-refractivity contribution is -0.120. The van der Waals surface area contributed by atoms with Crippen LogP contribution in [0.5, 0.6) is 0 Å². The molecule has 0 unspecified atom stereocenters. The number of pyridine rings is 1. The number of hydrogen-bond acceptors (Lipinski definition) is 10. The van der Waals surface area contributed by atoms with Gasteiger partial charge < -0.3 is 25.2 Å². The van der Waals surface area contributed by atoms with Gasteiger partial charge in [-0.05, 0) is 44.7 Å². The maximum Gasteiger partial charge on any atom is 0.250 e. The van der Waals surface area contributed by atoms with Crippen LogP contribution >= 0.6 is 0 Å². The summed E-state index contributed by atoms with van der Waals surface area (Å²) in [5.74, 6) is 1.63. The van der Waals surface area contributed by atoms with Crippen LogP contribution in [0.2, 0.25) is 0 Å². The van der Waals surface area contributed by atoms with E-state index in [-0.39, 0.29) is 5.91 Å². The molecule has 3 aliphatic rings. The Morgan fingerprint density at radius 3 is 2.73 bits per heavy atom. The molecule has 3 N–H and O–H groups in total. The van der Waals surface area contributed by atoms with Gasteiger partial charge in [0.05, 0.1) is 25.1 Å². The van der Waals surface area contributed by atoms with Gasteiger partial charge in [-0.1, -0.05) is 0 Å². The van der Waals surface area contributed by atoms with E-state index in [1.54, 1.807) is 0 Å². The summed E-state index contributed by atoms with van der Waals surface area (Å²) in [5.41, 5.74) is 0.613. The molecule has 2 aliphatic heterocycles. The van der Waals surface area contributed by atoms with Gasteiger partial charge in [0.25, 0.3) is 0 Å². The maximum absolute atomic E-state index is 13.4. The molecule has 0 bridgehead atoms. The molecule has 2 saturated heterocycles. The SMILES string of the molecule is C[C@@]1(C(=O)Nc2ccc(F)nc2)CCCN1c1nc(Nc2cc(C3CC3)[nH]n2)nc(N2CCOCC2)n1. The van der Waals surface area contributed by atoms with Crippen molar-refractivity contribution < 1.29 is 13.9 Å². The summed E-state index contributed by atoms with van der Waals surface area (Å²) >= 11 is 0. The Bertz CT molecular complexity index is 1270. The lowest BCUT2D eigenvalue weighted by Crippen LogP contribution is -2.52. The second-order valence-electron chi connectivity index (χ2n) is 9.82. The van der Waals surface area contributed by atoms with Crippen LogP contribution in [0, 0.1) is 5.95 Å². The van der Waals surface area contributed by atoms with Crippen LogP contribution in [0.3, 0.4) is 0 Å². The minimum atomic E-state index is -0.916. The smallest absolute Gasteiger partial charge is 0.250 e. The molecule has 1 aliphatic carbocycles. The molecular formula is C24H29FN10O2. The molecule has 194 valence electrons. The normalized spacial score (nSPS) is 21.8. The zero-order valence-electron chi connectivity index (χ0n) is 20.6. The van der Waals surface area contributed by atoms with Gasteiger partial charge in [-0.25, -0.2) is 4.98 Å². The summed E-state index contributed by atoms with van der Waals surface area (Å²) in [7, 11) is 0. The fraction of sp³-hybridized carbons (Fsp3) is 0.500. The number of nitrogens with one attached hydrogen (secondary N) is 3. The second kappa shape index (κ2) is 9.54. The van der Waals surface area contributed by atoms with Gasteiger partial charge in [0, 0.05) is 37.3 Å². The number of anilines is 5. The van der Waals surface area contributed by atoms with Crippen molar-refractivity contribution in [3.63, 3.8) is 0 Å². The van der Waals surface area contributed by atoms with Crippen molar-refractivity contribution in [1.82, 2.24) is 30.1 Å². The Morgan fingerprint density at radius 2 is 1.97 bits per heavy atom. The van der Waals surface area contributed by atoms with Crippen molar-refractivity contribution in [2.24, 2.45) is 0 Å². The highest BCUT2D eigenvalue weighted by Gasteiger charge is 2.45. The largest absolute Gasteiger partial charge is 0.378 e. The predicted octanol–water partition coefficient (Wildman–Crippen LogP) is 2.58. The van der Waals surface area contributed by atoms with E-state index in [0.717, 1.165) is 12.1 Å². The molecule has 12 nitrogen and oxygen atoms in total. The van der Waals surface area contributed by atoms with Gasteiger partial charge in [0.2, 0.25) is 29.7 Å². The number of rotatable bonds is 7. The number of morpholine rings is 1. The highest BCUT2D eigenvalue weighted by molar-refractivity contribution is 6.00. The van der Waals surface area contributed by atoms with Gasteiger partial charge in [0.15, 0.2) is 5.82 Å². The van der Waals surface area contributed by atoms with Crippen LogP contribution in [-0.2, 0) is 9.53 Å². The minimum Gasteiger partial charge on any atom is -0.378 e. The van der Waals surface area contributed by atoms with Crippen molar-refractivity contribution >= 4 is 35.3 Å². The number of aromatic amines is 1. The van der Waals surface area contributed by atoms with Crippen LogP contribution in [0.15, 0.2) is 24.4 Å². The Balaban J connectivity index is 1.30. The van der Waals surface area contributed by atoms with Crippen molar-refractivity contribution in [3.05, 3.63) is 36.0 Å². The molecule has 0 radical (unpaired) electrons. The number of H-pyrrole nitrogens is 1. The Kier molecular flexibility index (Phi) is 6.07. The van der Waals surface area contributed by atoms with E-state index in [1.807, 2.05) is 17.9 Å². The van der Waals surface area contributed by atoms with E-state index < -0.39 is 11.5 Å². The van der Waals surface area contributed by atoms with Gasteiger partial charge in [0.1, 0.15) is 5.54 Å². The van der Waals surface area contributed by atoms with Crippen molar-refractivity contribution in [2.45, 2.75) is 44.1 Å². The number of hydrogen-bond donors (Lipinski definition) is 3. The van der Waals surface area contributed by atoms with E-state index in [0.29, 0.717) is 74.5 Å². The Labute approximate surface area is 213 Å². The zero-order valence-corrected chi connectivity index (χ0v) is 20.6. The molecule has 1 atom stereocenters. The molecule has 1 amide bonds. The summed E-state index contributed by atoms with van der Waals surface area (Å²) in [6.07, 6.45) is 5.04. The van der Waals surface area contributed by atoms with Crippen molar-refractivity contribution in [1.29, 1.82) is 0 Å². The van der Waals surface area contributed by atoms with E-state index in [2.05, 4.69) is 35.7 Å². The van der Waals surface area contributed by atoms with Crippen LogP contribution < -0.4 is 20.4 Å². The first-order valence-electron chi connectivity index (χ1n) is 12.6. The van der Waals surface area contributed by atoms with Crippen molar-refractivity contribution in [2.75, 3.05) is 53.3 Å². The minimum absolute atomic E-state index is 0.234. The number of halogens is 1. The lowest BCUT2D eigenvalue weighted by Gasteiger charge is -2.34. The number of ether oxygens (including phenoxy) is 1. The van der Waals surface area contributed by atoms with Crippen molar-refractivity contribution in [3.8, 4) is 0 Å². The summed E-state index contributed by atoms with van der Waals surface area (Å²) in [4.78, 5) is 35.2. The fourth-order valence-electron chi connectivity index (χ4n) is 4.79. The molecule has 5 heterocycles. The molecule has 1 saturated carbocycles. The number of carbonyl (C=O) groups excluding carboxylic acids is 1. The lowest BCUT2D eigenvalue weighted by atomic mass is 9.97.